The van der Waals surface area contributed by atoms with Gasteiger partial charge < -0.3 is 9.80 Å². The van der Waals surface area contributed by atoms with E-state index in [2.05, 4.69) is 14.8 Å². The lowest BCUT2D eigenvalue weighted by molar-refractivity contribution is -0.143. The number of urea groups is 1. The maximum absolute atomic E-state index is 13.7. The van der Waals surface area contributed by atoms with Crippen LogP contribution in [0.5, 0.6) is 0 Å². The Kier molecular flexibility index (Phi) is 10.0. The number of benzene rings is 2. The van der Waals surface area contributed by atoms with Crippen molar-refractivity contribution in [3.8, 4) is 0 Å². The van der Waals surface area contributed by atoms with Crippen molar-refractivity contribution >= 4 is 18.3 Å². The Bertz CT molecular complexity index is 1440. The minimum absolute atomic E-state index is 0.0169. The molecule has 6 rings (SSSR count). The van der Waals surface area contributed by atoms with Crippen LogP contribution in [-0.4, -0.2) is 120 Å². The topological polar surface area (TPSA) is 62.7 Å². The van der Waals surface area contributed by atoms with Crippen molar-refractivity contribution < 1.29 is 35.9 Å². The summed E-state index contributed by atoms with van der Waals surface area (Å²) in [4.78, 5) is 40.5. The minimum atomic E-state index is -5.04. The van der Waals surface area contributed by atoms with E-state index in [0.717, 1.165) is 44.6 Å². The summed E-state index contributed by atoms with van der Waals surface area (Å²) in [5.74, 6) is -0.822. The molecule has 3 fully saturated rings. The molecule has 14 heteroatoms. The molecule has 3 amide bonds. The largest absolute Gasteiger partial charge is 0.416 e. The molecule has 2 unspecified atom stereocenters. The van der Waals surface area contributed by atoms with E-state index in [4.69, 9.17) is 0 Å². The highest BCUT2D eigenvalue weighted by Gasteiger charge is 2.41. The number of amides is 3. The Morgan fingerprint density at radius 1 is 0.729 bits per heavy atom. The molecule has 4 aliphatic heterocycles. The first kappa shape index (κ1) is 34.2. The third-order valence-corrected chi connectivity index (χ3v) is 10.2. The molecule has 3 saturated heterocycles. The SMILES string of the molecule is O=C(N1C=NCC1)N1CCC(N2CCN(C3CCN(C(=O)c4cc(C(F)(F)F)cc(C(F)(F)F)c4)C(Cc4ccccc4)C3)CC2)CC1. The molecule has 4 aliphatic rings. The third kappa shape index (κ3) is 7.80. The number of nitrogens with zero attached hydrogens (tertiary/aromatic N) is 6. The minimum Gasteiger partial charge on any atom is -0.335 e. The Morgan fingerprint density at radius 3 is 1.88 bits per heavy atom. The van der Waals surface area contributed by atoms with Crippen LogP contribution in [0.2, 0.25) is 0 Å². The molecule has 0 saturated carbocycles. The van der Waals surface area contributed by atoms with Gasteiger partial charge in [0.15, 0.2) is 0 Å². The molecule has 0 N–H and O–H groups in total. The summed E-state index contributed by atoms with van der Waals surface area (Å²) in [5.41, 5.74) is -2.66. The third-order valence-electron chi connectivity index (χ3n) is 10.2. The fraction of sp³-hybridized carbons (Fsp3) is 0.559. The van der Waals surface area contributed by atoms with Crippen molar-refractivity contribution in [3.05, 3.63) is 70.8 Å². The van der Waals surface area contributed by atoms with E-state index >= 15 is 0 Å². The second-order valence-electron chi connectivity index (χ2n) is 13.1. The lowest BCUT2D eigenvalue weighted by Gasteiger charge is -2.48. The van der Waals surface area contributed by atoms with Crippen LogP contribution in [0.15, 0.2) is 53.5 Å². The van der Waals surface area contributed by atoms with Gasteiger partial charge in [0.1, 0.15) is 0 Å². The zero-order chi connectivity index (χ0) is 34.1. The van der Waals surface area contributed by atoms with Gasteiger partial charge in [0.25, 0.3) is 5.91 Å². The van der Waals surface area contributed by atoms with Crippen LogP contribution >= 0.6 is 0 Å². The van der Waals surface area contributed by atoms with E-state index in [-0.39, 0.29) is 24.7 Å². The van der Waals surface area contributed by atoms with Gasteiger partial charge in [0, 0.05) is 76.0 Å². The van der Waals surface area contributed by atoms with E-state index in [9.17, 15) is 35.9 Å². The molecule has 0 aromatic heterocycles. The number of alkyl halides is 6. The maximum Gasteiger partial charge on any atom is 0.416 e. The van der Waals surface area contributed by atoms with Crippen molar-refractivity contribution in [2.24, 2.45) is 4.99 Å². The number of likely N-dealkylation sites (tertiary alicyclic amines) is 2. The molecule has 260 valence electrons. The summed E-state index contributed by atoms with van der Waals surface area (Å²) >= 11 is 0. The van der Waals surface area contributed by atoms with E-state index < -0.39 is 41.0 Å². The highest BCUT2D eigenvalue weighted by Crippen LogP contribution is 2.37. The second kappa shape index (κ2) is 14.1. The van der Waals surface area contributed by atoms with Gasteiger partial charge in [0.2, 0.25) is 0 Å². The highest BCUT2D eigenvalue weighted by atomic mass is 19.4. The highest BCUT2D eigenvalue weighted by molar-refractivity contribution is 5.95. The van der Waals surface area contributed by atoms with Crippen LogP contribution in [0.25, 0.3) is 0 Å². The Labute approximate surface area is 276 Å². The van der Waals surface area contributed by atoms with Crippen LogP contribution in [0.3, 0.4) is 0 Å². The molecular formula is C34H40F6N6O2. The van der Waals surface area contributed by atoms with Gasteiger partial charge in [-0.05, 0) is 55.9 Å². The summed E-state index contributed by atoms with van der Waals surface area (Å²) in [6.45, 7) is 6.29. The first-order valence-corrected chi connectivity index (χ1v) is 16.5. The van der Waals surface area contributed by atoms with E-state index in [1.807, 2.05) is 35.2 Å². The van der Waals surface area contributed by atoms with Gasteiger partial charge in [0.05, 0.1) is 24.0 Å². The van der Waals surface area contributed by atoms with Gasteiger partial charge in [-0.2, -0.15) is 26.3 Å². The molecule has 0 spiro atoms. The van der Waals surface area contributed by atoms with Crippen LogP contribution < -0.4 is 0 Å². The quantitative estimate of drug-likeness (QED) is 0.393. The zero-order valence-electron chi connectivity index (χ0n) is 26.6. The maximum atomic E-state index is 13.7. The first-order valence-electron chi connectivity index (χ1n) is 16.5. The molecule has 2 aromatic rings. The standard InChI is InChI=1S/C34H40F6N6O2/c35-33(36,37)26-19-25(20-27(21-26)34(38,39)40)31(47)46-12-8-29(22-30(46)18-24-4-2-1-3-5-24)43-16-14-42(15-17-43)28-6-10-44(11-7-28)32(48)45-13-9-41-23-45/h1-5,19-21,23,28-30H,6-18,22H2. The molecule has 2 aromatic carbocycles. The number of aliphatic imine (C=N–C) groups is 1. The van der Waals surface area contributed by atoms with Crippen LogP contribution in [0, 0.1) is 0 Å². The van der Waals surface area contributed by atoms with Gasteiger partial charge in [-0.25, -0.2) is 4.79 Å². The van der Waals surface area contributed by atoms with Crippen molar-refractivity contribution in [1.29, 1.82) is 0 Å². The van der Waals surface area contributed by atoms with Crippen molar-refractivity contribution in [2.45, 2.75) is 62.6 Å². The number of rotatable bonds is 5. The van der Waals surface area contributed by atoms with Gasteiger partial charge in [-0.1, -0.05) is 30.3 Å². The predicted molar refractivity (Wildman–Crippen MR) is 168 cm³/mol. The van der Waals surface area contributed by atoms with Gasteiger partial charge >= 0.3 is 18.4 Å². The molecule has 0 bridgehead atoms. The number of piperazine rings is 1. The molecule has 8 nitrogen and oxygen atoms in total. The number of piperidine rings is 2. The summed E-state index contributed by atoms with van der Waals surface area (Å²) in [6.07, 6.45) is -5.07. The van der Waals surface area contributed by atoms with Crippen LogP contribution in [0.1, 0.15) is 52.7 Å². The number of carbonyl (C=O) groups excluding carboxylic acids is 2. The number of halogens is 6. The number of carbonyl (C=O) groups is 2. The summed E-state index contributed by atoms with van der Waals surface area (Å²) in [5, 5.41) is 0. The molecule has 48 heavy (non-hydrogen) atoms. The molecule has 4 heterocycles. The van der Waals surface area contributed by atoms with Crippen molar-refractivity contribution in [1.82, 2.24) is 24.5 Å². The zero-order valence-corrected chi connectivity index (χ0v) is 26.6. The van der Waals surface area contributed by atoms with E-state index in [0.29, 0.717) is 63.6 Å². The molecule has 2 atom stereocenters. The van der Waals surface area contributed by atoms with Crippen LogP contribution in [0.4, 0.5) is 31.1 Å². The average molecular weight is 679 g/mol. The van der Waals surface area contributed by atoms with E-state index in [1.54, 1.807) is 11.2 Å². The van der Waals surface area contributed by atoms with E-state index in [1.165, 1.54) is 4.90 Å². The van der Waals surface area contributed by atoms with Crippen LogP contribution in [-0.2, 0) is 18.8 Å². The lowest BCUT2D eigenvalue weighted by atomic mass is 9.90. The molecule has 0 radical (unpaired) electrons. The predicted octanol–water partition coefficient (Wildman–Crippen LogP) is 5.49. The van der Waals surface area contributed by atoms with Crippen molar-refractivity contribution in [3.63, 3.8) is 0 Å². The van der Waals surface area contributed by atoms with Gasteiger partial charge in [-0.15, -0.1) is 0 Å². The summed E-state index contributed by atoms with van der Waals surface area (Å²) in [6, 6.07) is 10.7. The average Bonchev–Trinajstić information content (AvgIpc) is 3.63. The Morgan fingerprint density at radius 2 is 1.31 bits per heavy atom. The fourth-order valence-corrected chi connectivity index (χ4v) is 7.55. The molecular weight excluding hydrogens is 638 g/mol. The second-order valence-corrected chi connectivity index (χ2v) is 13.1. The lowest BCUT2D eigenvalue weighted by Crippen LogP contribution is -2.59. The van der Waals surface area contributed by atoms with Gasteiger partial charge in [-0.3, -0.25) is 24.5 Å². The Balaban J connectivity index is 1.11. The normalized spacial score (nSPS) is 23.6. The summed E-state index contributed by atoms with van der Waals surface area (Å²) < 4.78 is 81.6. The fourth-order valence-electron chi connectivity index (χ4n) is 7.55. The number of hydrogen-bond acceptors (Lipinski definition) is 5. The van der Waals surface area contributed by atoms with Crippen molar-refractivity contribution in [2.75, 3.05) is 58.9 Å². The Hall–Kier alpha value is -3.65. The molecule has 0 aliphatic carbocycles. The first-order chi connectivity index (χ1) is 22.9. The summed E-state index contributed by atoms with van der Waals surface area (Å²) in [7, 11) is 0. The smallest absolute Gasteiger partial charge is 0.335 e. The monoisotopic (exact) mass is 678 g/mol. The number of hydrogen-bond donors (Lipinski definition) is 0.